The molecule has 4 heteroatoms. The third kappa shape index (κ3) is 4.41. The van der Waals surface area contributed by atoms with Gasteiger partial charge in [0.05, 0.1) is 12.2 Å². The van der Waals surface area contributed by atoms with Crippen LogP contribution in [0.1, 0.15) is 41.6 Å². The molecule has 134 valence electrons. The Kier molecular flexibility index (Phi) is 5.87. The zero-order valence-electron chi connectivity index (χ0n) is 15.1. The van der Waals surface area contributed by atoms with Crippen LogP contribution in [0.5, 0.6) is 0 Å². The molecule has 3 rings (SSSR count). The Bertz CT molecular complexity index is 837. The second-order valence-electron chi connectivity index (χ2n) is 6.20. The van der Waals surface area contributed by atoms with Crippen LogP contribution < -0.4 is 5.32 Å². The monoisotopic (exact) mass is 350 g/mol. The Hall–Kier alpha value is -2.85. The average molecular weight is 350 g/mol. The molecule has 0 radical (unpaired) electrons. The van der Waals surface area contributed by atoms with Gasteiger partial charge in [-0.1, -0.05) is 42.5 Å². The van der Waals surface area contributed by atoms with Crippen molar-refractivity contribution in [1.29, 1.82) is 0 Å². The zero-order chi connectivity index (χ0) is 18.4. The van der Waals surface area contributed by atoms with E-state index in [9.17, 15) is 4.79 Å². The van der Waals surface area contributed by atoms with E-state index in [0.717, 1.165) is 23.6 Å². The highest BCUT2D eigenvalue weighted by atomic mass is 16.5. The SMILES string of the molecule is CCOC(=O)c1ccc(-c2ccc(C[NH2+][C@H](C)c3ccccc3)o2)cc1. The number of nitrogens with two attached hydrogens (primary N) is 1. The van der Waals surface area contributed by atoms with Crippen molar-refractivity contribution in [3.05, 3.63) is 83.6 Å². The van der Waals surface area contributed by atoms with Gasteiger partial charge < -0.3 is 14.5 Å². The Morgan fingerprint density at radius 3 is 2.46 bits per heavy atom. The molecule has 26 heavy (non-hydrogen) atoms. The van der Waals surface area contributed by atoms with Crippen LogP contribution in [-0.2, 0) is 11.3 Å². The van der Waals surface area contributed by atoms with Crippen molar-refractivity contribution >= 4 is 5.97 Å². The minimum Gasteiger partial charge on any atom is -0.462 e. The van der Waals surface area contributed by atoms with Crippen LogP contribution in [0.3, 0.4) is 0 Å². The quantitative estimate of drug-likeness (QED) is 0.657. The molecule has 0 aliphatic carbocycles. The predicted octanol–water partition coefficient (Wildman–Crippen LogP) is 3.95. The second kappa shape index (κ2) is 8.50. The summed E-state index contributed by atoms with van der Waals surface area (Å²) < 4.78 is 11.0. The van der Waals surface area contributed by atoms with Gasteiger partial charge in [0.1, 0.15) is 18.3 Å². The third-order valence-corrected chi connectivity index (χ3v) is 4.34. The second-order valence-corrected chi connectivity index (χ2v) is 6.20. The van der Waals surface area contributed by atoms with Crippen LogP contribution in [0, 0.1) is 0 Å². The number of hydrogen-bond acceptors (Lipinski definition) is 3. The van der Waals surface area contributed by atoms with Gasteiger partial charge in [-0.05, 0) is 38.1 Å². The summed E-state index contributed by atoms with van der Waals surface area (Å²) in [6, 6.07) is 22.1. The molecule has 2 N–H and O–H groups in total. The van der Waals surface area contributed by atoms with E-state index in [1.807, 2.05) is 30.3 Å². The van der Waals surface area contributed by atoms with Gasteiger partial charge in [0.2, 0.25) is 0 Å². The van der Waals surface area contributed by atoms with Crippen molar-refractivity contribution in [2.75, 3.05) is 6.61 Å². The topological polar surface area (TPSA) is 56.0 Å². The smallest absolute Gasteiger partial charge is 0.338 e. The molecule has 1 heterocycles. The molecule has 0 fully saturated rings. The maximum atomic E-state index is 11.7. The Morgan fingerprint density at radius 1 is 1.04 bits per heavy atom. The van der Waals surface area contributed by atoms with Crippen LogP contribution in [0.4, 0.5) is 0 Å². The van der Waals surface area contributed by atoms with E-state index in [2.05, 4.69) is 36.5 Å². The van der Waals surface area contributed by atoms with Gasteiger partial charge in [0, 0.05) is 11.1 Å². The molecule has 0 saturated heterocycles. The number of esters is 1. The maximum Gasteiger partial charge on any atom is 0.338 e. The molecule has 0 aliphatic heterocycles. The summed E-state index contributed by atoms with van der Waals surface area (Å²) in [5.41, 5.74) is 2.79. The van der Waals surface area contributed by atoms with Crippen molar-refractivity contribution < 1.29 is 19.3 Å². The van der Waals surface area contributed by atoms with E-state index in [4.69, 9.17) is 9.15 Å². The molecule has 0 bridgehead atoms. The molecule has 0 spiro atoms. The molecule has 3 aromatic rings. The first-order chi connectivity index (χ1) is 12.7. The molecule has 4 nitrogen and oxygen atoms in total. The lowest BCUT2D eigenvalue weighted by molar-refractivity contribution is -0.709. The fraction of sp³-hybridized carbons (Fsp3) is 0.227. The highest BCUT2D eigenvalue weighted by Crippen LogP contribution is 2.22. The third-order valence-electron chi connectivity index (χ3n) is 4.34. The number of ether oxygens (including phenoxy) is 1. The molecule has 1 aromatic heterocycles. The van der Waals surface area contributed by atoms with E-state index in [1.165, 1.54) is 5.56 Å². The van der Waals surface area contributed by atoms with Gasteiger partial charge in [0.15, 0.2) is 5.76 Å². The van der Waals surface area contributed by atoms with Gasteiger partial charge in [-0.2, -0.15) is 0 Å². The Balaban J connectivity index is 1.61. The summed E-state index contributed by atoms with van der Waals surface area (Å²) in [5, 5.41) is 2.25. The van der Waals surface area contributed by atoms with Crippen molar-refractivity contribution in [3.63, 3.8) is 0 Å². The van der Waals surface area contributed by atoms with Gasteiger partial charge in [-0.15, -0.1) is 0 Å². The van der Waals surface area contributed by atoms with Crippen LogP contribution in [0.15, 0.2) is 71.1 Å². The highest BCUT2D eigenvalue weighted by molar-refractivity contribution is 5.89. The van der Waals surface area contributed by atoms with E-state index in [0.29, 0.717) is 18.2 Å². The first kappa shape index (κ1) is 18.0. The summed E-state index contributed by atoms with van der Waals surface area (Å²) in [7, 11) is 0. The molecule has 0 amide bonds. The summed E-state index contributed by atoms with van der Waals surface area (Å²) in [5.74, 6) is 1.43. The minimum absolute atomic E-state index is 0.302. The van der Waals surface area contributed by atoms with E-state index in [1.54, 1.807) is 19.1 Å². The van der Waals surface area contributed by atoms with Crippen molar-refractivity contribution in [2.24, 2.45) is 0 Å². The lowest BCUT2D eigenvalue weighted by Crippen LogP contribution is -2.82. The molecule has 2 aromatic carbocycles. The molecular weight excluding hydrogens is 326 g/mol. The number of quaternary nitrogens is 1. The lowest BCUT2D eigenvalue weighted by Gasteiger charge is -2.09. The number of rotatable bonds is 7. The normalized spacial score (nSPS) is 11.9. The molecule has 0 saturated carbocycles. The number of carbonyl (C=O) groups is 1. The van der Waals surface area contributed by atoms with Crippen LogP contribution >= 0.6 is 0 Å². The lowest BCUT2D eigenvalue weighted by atomic mass is 10.1. The van der Waals surface area contributed by atoms with E-state index < -0.39 is 0 Å². The van der Waals surface area contributed by atoms with Crippen molar-refractivity contribution in [1.82, 2.24) is 0 Å². The highest BCUT2D eigenvalue weighted by Gasteiger charge is 2.12. The van der Waals surface area contributed by atoms with Crippen LogP contribution in [0.25, 0.3) is 11.3 Å². The Labute approximate surface area is 153 Å². The Morgan fingerprint density at radius 2 is 1.77 bits per heavy atom. The van der Waals surface area contributed by atoms with Crippen LogP contribution in [0.2, 0.25) is 0 Å². The van der Waals surface area contributed by atoms with Crippen molar-refractivity contribution in [3.8, 4) is 11.3 Å². The fourth-order valence-electron chi connectivity index (χ4n) is 2.81. The van der Waals surface area contributed by atoms with Gasteiger partial charge in [-0.3, -0.25) is 0 Å². The minimum atomic E-state index is -0.302. The standard InChI is InChI=1S/C22H23NO3/c1-3-25-22(24)19-11-9-18(10-12-19)21-14-13-20(26-21)15-23-16(2)17-7-5-4-6-8-17/h4-14,16,23H,3,15H2,1-2H3/p+1/t16-/m1/s1. The van der Waals surface area contributed by atoms with E-state index in [-0.39, 0.29) is 5.97 Å². The summed E-state index contributed by atoms with van der Waals surface area (Å²) >= 11 is 0. The van der Waals surface area contributed by atoms with Gasteiger partial charge >= 0.3 is 5.97 Å². The van der Waals surface area contributed by atoms with Crippen LogP contribution in [-0.4, -0.2) is 12.6 Å². The molecular formula is C22H24NO3+. The average Bonchev–Trinajstić information content (AvgIpc) is 3.16. The van der Waals surface area contributed by atoms with Crippen molar-refractivity contribution in [2.45, 2.75) is 26.4 Å². The molecule has 0 aliphatic rings. The number of hydrogen-bond donors (Lipinski definition) is 1. The van der Waals surface area contributed by atoms with Gasteiger partial charge in [0.25, 0.3) is 0 Å². The zero-order valence-corrected chi connectivity index (χ0v) is 15.1. The summed E-state index contributed by atoms with van der Waals surface area (Å²) in [6.45, 7) is 5.14. The van der Waals surface area contributed by atoms with Gasteiger partial charge in [-0.25, -0.2) is 4.79 Å². The molecule has 1 atom stereocenters. The number of benzene rings is 2. The number of furan rings is 1. The van der Waals surface area contributed by atoms with E-state index >= 15 is 0 Å². The number of carbonyl (C=O) groups excluding carboxylic acids is 1. The first-order valence-electron chi connectivity index (χ1n) is 8.92. The fourth-order valence-corrected chi connectivity index (χ4v) is 2.81. The maximum absolute atomic E-state index is 11.7. The summed E-state index contributed by atoms with van der Waals surface area (Å²) in [6.07, 6.45) is 0. The summed E-state index contributed by atoms with van der Waals surface area (Å²) in [4.78, 5) is 11.7. The predicted molar refractivity (Wildman–Crippen MR) is 101 cm³/mol. The first-order valence-corrected chi connectivity index (χ1v) is 8.92. The largest absolute Gasteiger partial charge is 0.462 e. The molecule has 0 unspecified atom stereocenters.